The highest BCUT2D eigenvalue weighted by molar-refractivity contribution is 5.93. The molecule has 0 saturated heterocycles. The largest absolute Gasteiger partial charge is 0.394 e. The number of nitrogens with one attached hydrogen (secondary N) is 1. The monoisotopic (exact) mass is 233 g/mol. The van der Waals surface area contributed by atoms with Crippen LogP contribution in [0.3, 0.4) is 0 Å². The highest BCUT2D eigenvalue weighted by Gasteiger charge is 2.13. The SMILES string of the molecule is Cc1cccc2nc(C(=O)N[C@@H](C)CO)cn12. The zero-order valence-corrected chi connectivity index (χ0v) is 9.84. The minimum atomic E-state index is -0.270. The van der Waals surface area contributed by atoms with Crippen LogP contribution in [0.4, 0.5) is 0 Å². The summed E-state index contributed by atoms with van der Waals surface area (Å²) in [7, 11) is 0. The summed E-state index contributed by atoms with van der Waals surface area (Å²) in [6.45, 7) is 3.60. The van der Waals surface area contributed by atoms with Gasteiger partial charge < -0.3 is 14.8 Å². The van der Waals surface area contributed by atoms with Gasteiger partial charge in [-0.15, -0.1) is 0 Å². The van der Waals surface area contributed by atoms with Crippen LogP contribution in [0.5, 0.6) is 0 Å². The van der Waals surface area contributed by atoms with Crippen molar-refractivity contribution in [3.63, 3.8) is 0 Å². The van der Waals surface area contributed by atoms with E-state index in [1.165, 1.54) is 0 Å². The second kappa shape index (κ2) is 4.55. The van der Waals surface area contributed by atoms with Gasteiger partial charge in [-0.3, -0.25) is 4.79 Å². The van der Waals surface area contributed by atoms with E-state index in [1.807, 2.05) is 29.5 Å². The van der Waals surface area contributed by atoms with Crippen LogP contribution in [0.1, 0.15) is 23.1 Å². The quantitative estimate of drug-likeness (QED) is 0.822. The lowest BCUT2D eigenvalue weighted by Gasteiger charge is -2.08. The Balaban J connectivity index is 2.30. The summed E-state index contributed by atoms with van der Waals surface area (Å²) in [5.41, 5.74) is 2.12. The zero-order valence-electron chi connectivity index (χ0n) is 9.84. The summed E-state index contributed by atoms with van der Waals surface area (Å²) in [5.74, 6) is -0.269. The van der Waals surface area contributed by atoms with Crippen molar-refractivity contribution in [2.45, 2.75) is 19.9 Å². The maximum atomic E-state index is 11.8. The zero-order chi connectivity index (χ0) is 12.4. The fourth-order valence-corrected chi connectivity index (χ4v) is 1.60. The lowest BCUT2D eigenvalue weighted by Crippen LogP contribution is -2.35. The van der Waals surface area contributed by atoms with E-state index >= 15 is 0 Å². The van der Waals surface area contributed by atoms with Gasteiger partial charge in [-0.2, -0.15) is 0 Å². The predicted octanol–water partition coefficient (Wildman–Crippen LogP) is 0.753. The van der Waals surface area contributed by atoms with Gasteiger partial charge in [0.25, 0.3) is 5.91 Å². The van der Waals surface area contributed by atoms with E-state index < -0.39 is 0 Å². The standard InChI is InChI=1S/C12H15N3O2/c1-8(7-16)13-12(17)10-6-15-9(2)4-3-5-11(15)14-10/h3-6,8,16H,7H2,1-2H3,(H,13,17)/t8-/m0/s1. The molecule has 90 valence electrons. The van der Waals surface area contributed by atoms with E-state index in [0.29, 0.717) is 5.69 Å². The topological polar surface area (TPSA) is 66.6 Å². The number of fused-ring (bicyclic) bond motifs is 1. The van der Waals surface area contributed by atoms with Crippen LogP contribution in [0.2, 0.25) is 0 Å². The number of carbonyl (C=O) groups excluding carboxylic acids is 1. The van der Waals surface area contributed by atoms with Crippen LogP contribution < -0.4 is 5.32 Å². The first kappa shape index (κ1) is 11.6. The van der Waals surface area contributed by atoms with Crippen molar-refractivity contribution >= 4 is 11.6 Å². The van der Waals surface area contributed by atoms with E-state index in [-0.39, 0.29) is 18.6 Å². The van der Waals surface area contributed by atoms with Gasteiger partial charge in [0, 0.05) is 17.9 Å². The third-order valence-electron chi connectivity index (χ3n) is 2.58. The molecule has 0 aromatic carbocycles. The molecule has 0 aliphatic rings. The van der Waals surface area contributed by atoms with Crippen molar-refractivity contribution in [1.29, 1.82) is 0 Å². The van der Waals surface area contributed by atoms with Crippen LogP contribution >= 0.6 is 0 Å². The Kier molecular flexibility index (Phi) is 3.10. The molecule has 2 aromatic heterocycles. The molecule has 5 nitrogen and oxygen atoms in total. The lowest BCUT2D eigenvalue weighted by molar-refractivity contribution is 0.0918. The van der Waals surface area contributed by atoms with Gasteiger partial charge in [-0.25, -0.2) is 4.98 Å². The van der Waals surface area contributed by atoms with Crippen molar-refractivity contribution in [2.24, 2.45) is 0 Å². The molecular weight excluding hydrogens is 218 g/mol. The van der Waals surface area contributed by atoms with Gasteiger partial charge in [0.05, 0.1) is 6.61 Å². The number of aliphatic hydroxyl groups excluding tert-OH is 1. The second-order valence-electron chi connectivity index (χ2n) is 4.08. The smallest absolute Gasteiger partial charge is 0.271 e. The van der Waals surface area contributed by atoms with Crippen molar-refractivity contribution in [3.8, 4) is 0 Å². The van der Waals surface area contributed by atoms with E-state index in [9.17, 15) is 4.79 Å². The summed E-state index contributed by atoms with van der Waals surface area (Å²) in [5, 5.41) is 11.5. The third kappa shape index (κ3) is 2.29. The summed E-state index contributed by atoms with van der Waals surface area (Å²) in [4.78, 5) is 16.0. The number of aryl methyl sites for hydroxylation is 1. The van der Waals surface area contributed by atoms with Crippen molar-refractivity contribution in [2.75, 3.05) is 6.61 Å². The summed E-state index contributed by atoms with van der Waals surface area (Å²) >= 11 is 0. The molecule has 2 heterocycles. The predicted molar refractivity (Wildman–Crippen MR) is 63.9 cm³/mol. The van der Waals surface area contributed by atoms with Crippen molar-refractivity contribution in [1.82, 2.24) is 14.7 Å². The molecule has 0 fully saturated rings. The van der Waals surface area contributed by atoms with Crippen LogP contribution in [0.15, 0.2) is 24.4 Å². The Hall–Kier alpha value is -1.88. The Bertz CT molecular complexity index is 548. The van der Waals surface area contributed by atoms with E-state index in [0.717, 1.165) is 11.3 Å². The number of amides is 1. The molecule has 2 aromatic rings. The number of aliphatic hydroxyl groups is 1. The minimum absolute atomic E-state index is 0.0852. The molecule has 0 saturated carbocycles. The number of pyridine rings is 1. The highest BCUT2D eigenvalue weighted by atomic mass is 16.3. The number of nitrogens with zero attached hydrogens (tertiary/aromatic N) is 2. The molecule has 0 unspecified atom stereocenters. The second-order valence-corrected chi connectivity index (χ2v) is 4.08. The van der Waals surface area contributed by atoms with Gasteiger partial charge in [0.1, 0.15) is 11.3 Å². The minimum Gasteiger partial charge on any atom is -0.394 e. The Morgan fingerprint density at radius 3 is 3.00 bits per heavy atom. The number of carbonyl (C=O) groups is 1. The Labute approximate surface area is 99.1 Å². The van der Waals surface area contributed by atoms with Crippen LogP contribution in [0.25, 0.3) is 5.65 Å². The molecule has 5 heteroatoms. The average Bonchev–Trinajstić information content (AvgIpc) is 2.74. The Morgan fingerprint density at radius 2 is 2.35 bits per heavy atom. The molecule has 17 heavy (non-hydrogen) atoms. The summed E-state index contributed by atoms with van der Waals surface area (Å²) in [6, 6.07) is 5.43. The summed E-state index contributed by atoms with van der Waals surface area (Å²) < 4.78 is 1.86. The maximum absolute atomic E-state index is 11.8. The van der Waals surface area contributed by atoms with Gasteiger partial charge in [-0.05, 0) is 26.0 Å². The molecular formula is C12H15N3O2. The molecule has 2 rings (SSSR count). The fourth-order valence-electron chi connectivity index (χ4n) is 1.60. The average molecular weight is 233 g/mol. The van der Waals surface area contributed by atoms with Crippen LogP contribution in [0, 0.1) is 6.92 Å². The molecule has 1 amide bonds. The van der Waals surface area contributed by atoms with Crippen LogP contribution in [-0.2, 0) is 0 Å². The number of hydrogen-bond donors (Lipinski definition) is 2. The first-order valence-electron chi connectivity index (χ1n) is 5.48. The number of hydrogen-bond acceptors (Lipinski definition) is 3. The van der Waals surface area contributed by atoms with Gasteiger partial charge >= 0.3 is 0 Å². The molecule has 2 N–H and O–H groups in total. The van der Waals surface area contributed by atoms with E-state index in [2.05, 4.69) is 10.3 Å². The van der Waals surface area contributed by atoms with E-state index in [1.54, 1.807) is 13.1 Å². The molecule has 0 radical (unpaired) electrons. The number of rotatable bonds is 3. The van der Waals surface area contributed by atoms with Crippen molar-refractivity contribution in [3.05, 3.63) is 35.8 Å². The number of aromatic nitrogens is 2. The molecule has 1 atom stereocenters. The third-order valence-corrected chi connectivity index (χ3v) is 2.58. The molecule has 0 aliphatic carbocycles. The molecule has 0 spiro atoms. The maximum Gasteiger partial charge on any atom is 0.271 e. The Morgan fingerprint density at radius 1 is 1.59 bits per heavy atom. The fraction of sp³-hybridized carbons (Fsp3) is 0.333. The number of imidazole rings is 1. The van der Waals surface area contributed by atoms with Gasteiger partial charge in [0.15, 0.2) is 0 Å². The molecule has 0 aliphatic heterocycles. The normalized spacial score (nSPS) is 12.6. The summed E-state index contributed by atoms with van der Waals surface area (Å²) in [6.07, 6.45) is 1.70. The first-order valence-corrected chi connectivity index (χ1v) is 5.48. The van der Waals surface area contributed by atoms with Crippen LogP contribution in [-0.4, -0.2) is 33.0 Å². The van der Waals surface area contributed by atoms with E-state index in [4.69, 9.17) is 5.11 Å². The molecule has 0 bridgehead atoms. The van der Waals surface area contributed by atoms with Crippen molar-refractivity contribution < 1.29 is 9.90 Å². The van der Waals surface area contributed by atoms with Gasteiger partial charge in [0.2, 0.25) is 0 Å². The first-order chi connectivity index (χ1) is 8.11. The lowest BCUT2D eigenvalue weighted by atomic mass is 10.3. The highest BCUT2D eigenvalue weighted by Crippen LogP contribution is 2.08. The van der Waals surface area contributed by atoms with Gasteiger partial charge in [-0.1, -0.05) is 6.07 Å².